The van der Waals surface area contributed by atoms with Crippen LogP contribution in [0.1, 0.15) is 25.3 Å². The zero-order chi connectivity index (χ0) is 18.7. The van der Waals surface area contributed by atoms with Crippen LogP contribution in [0.25, 0.3) is 0 Å². The molecule has 0 bridgehead atoms. The Labute approximate surface area is 180 Å². The molecule has 1 aliphatic heterocycles. The number of aliphatic hydroxyl groups is 1. The van der Waals surface area contributed by atoms with Crippen molar-refractivity contribution in [2.24, 2.45) is 16.3 Å². The minimum Gasteiger partial charge on any atom is -0.396 e. The second kappa shape index (κ2) is 13.3. The Hall–Kier alpha value is -0.900. The summed E-state index contributed by atoms with van der Waals surface area (Å²) in [4.78, 5) is 4.29. The van der Waals surface area contributed by atoms with Crippen LogP contribution in [0, 0.1) is 11.3 Å². The van der Waals surface area contributed by atoms with E-state index >= 15 is 0 Å². The van der Waals surface area contributed by atoms with Crippen LogP contribution >= 0.6 is 24.0 Å². The molecule has 6 nitrogen and oxygen atoms in total. The summed E-state index contributed by atoms with van der Waals surface area (Å²) < 4.78 is 11.3. The van der Waals surface area contributed by atoms with Gasteiger partial charge >= 0.3 is 0 Å². The largest absolute Gasteiger partial charge is 0.396 e. The zero-order valence-electron chi connectivity index (χ0n) is 16.4. The zero-order valence-corrected chi connectivity index (χ0v) is 18.8. The van der Waals surface area contributed by atoms with E-state index < -0.39 is 0 Å². The topological polar surface area (TPSA) is 75.1 Å². The molecule has 7 heteroatoms. The predicted molar refractivity (Wildman–Crippen MR) is 120 cm³/mol. The standard InChI is InChI=1S/C20H33N3O3.HI/c1-17(13-26-14-18-6-4-3-5-7-18)12-22-19(21-2)23-15-20(8-10-24)9-11-25-16-20;/h3-7,17,24H,8-16H2,1-2H3,(H2,21,22,23);1H. The fraction of sp³-hybridized carbons (Fsp3) is 0.650. The van der Waals surface area contributed by atoms with E-state index in [0.717, 1.165) is 38.5 Å². The molecule has 1 heterocycles. The number of hydrogen-bond acceptors (Lipinski definition) is 4. The van der Waals surface area contributed by atoms with Gasteiger partial charge in [0.2, 0.25) is 0 Å². The van der Waals surface area contributed by atoms with E-state index in [4.69, 9.17) is 9.47 Å². The van der Waals surface area contributed by atoms with Crippen LogP contribution in [0.5, 0.6) is 0 Å². The van der Waals surface area contributed by atoms with Crippen molar-refractivity contribution in [3.8, 4) is 0 Å². The molecular formula is C20H34IN3O3. The molecule has 0 amide bonds. The molecule has 0 radical (unpaired) electrons. The number of guanidine groups is 1. The van der Waals surface area contributed by atoms with Crippen molar-refractivity contribution >= 4 is 29.9 Å². The van der Waals surface area contributed by atoms with Gasteiger partial charge in [-0.25, -0.2) is 0 Å². The molecule has 0 spiro atoms. The number of nitrogens with zero attached hydrogens (tertiary/aromatic N) is 1. The Balaban J connectivity index is 0.00000364. The molecule has 1 aliphatic rings. The first-order chi connectivity index (χ1) is 12.7. The third-order valence-corrected chi connectivity index (χ3v) is 4.81. The Bertz CT molecular complexity index is 537. The molecule has 3 N–H and O–H groups in total. The Morgan fingerprint density at radius 1 is 1.33 bits per heavy atom. The highest BCUT2D eigenvalue weighted by atomic mass is 127. The third-order valence-electron chi connectivity index (χ3n) is 4.81. The molecule has 0 aliphatic carbocycles. The van der Waals surface area contributed by atoms with Crippen LogP contribution in [-0.2, 0) is 16.1 Å². The van der Waals surface area contributed by atoms with E-state index in [1.165, 1.54) is 5.56 Å². The van der Waals surface area contributed by atoms with Crippen molar-refractivity contribution in [2.45, 2.75) is 26.4 Å². The number of halogens is 1. The fourth-order valence-electron chi connectivity index (χ4n) is 3.09. The number of aliphatic hydroxyl groups excluding tert-OH is 1. The molecule has 1 aromatic carbocycles. The fourth-order valence-corrected chi connectivity index (χ4v) is 3.09. The molecule has 1 fully saturated rings. The average molecular weight is 491 g/mol. The van der Waals surface area contributed by atoms with E-state index in [2.05, 4.69) is 34.7 Å². The Morgan fingerprint density at radius 3 is 2.74 bits per heavy atom. The van der Waals surface area contributed by atoms with Gasteiger partial charge in [0.25, 0.3) is 0 Å². The Kier molecular flexibility index (Phi) is 11.9. The minimum absolute atomic E-state index is 0. The number of rotatable bonds is 10. The van der Waals surface area contributed by atoms with Crippen molar-refractivity contribution in [1.29, 1.82) is 0 Å². The highest BCUT2D eigenvalue weighted by Gasteiger charge is 2.34. The third kappa shape index (κ3) is 8.76. The van der Waals surface area contributed by atoms with Crippen LogP contribution in [0.4, 0.5) is 0 Å². The average Bonchev–Trinajstić information content (AvgIpc) is 3.12. The Morgan fingerprint density at radius 2 is 2.11 bits per heavy atom. The molecule has 0 saturated carbocycles. The van der Waals surface area contributed by atoms with Gasteiger partial charge in [-0.15, -0.1) is 24.0 Å². The molecule has 154 valence electrons. The molecule has 1 aromatic rings. The molecule has 27 heavy (non-hydrogen) atoms. The number of benzene rings is 1. The quantitative estimate of drug-likeness (QED) is 0.266. The second-order valence-electron chi connectivity index (χ2n) is 7.19. The normalized spacial score (nSPS) is 20.8. The molecule has 0 aromatic heterocycles. The summed E-state index contributed by atoms with van der Waals surface area (Å²) in [6, 6.07) is 10.2. The smallest absolute Gasteiger partial charge is 0.191 e. The number of nitrogens with one attached hydrogen (secondary N) is 2. The minimum atomic E-state index is 0. The van der Waals surface area contributed by atoms with E-state index in [0.29, 0.717) is 25.7 Å². The number of aliphatic imine (C=N–C) groups is 1. The van der Waals surface area contributed by atoms with Gasteiger partial charge in [-0.2, -0.15) is 0 Å². The van der Waals surface area contributed by atoms with Gasteiger partial charge in [0, 0.05) is 38.8 Å². The van der Waals surface area contributed by atoms with E-state index in [9.17, 15) is 5.11 Å². The molecular weight excluding hydrogens is 457 g/mol. The molecule has 1 saturated heterocycles. The van der Waals surface area contributed by atoms with Crippen molar-refractivity contribution in [3.63, 3.8) is 0 Å². The molecule has 2 atom stereocenters. The molecule has 2 rings (SSSR count). The highest BCUT2D eigenvalue weighted by molar-refractivity contribution is 14.0. The number of hydrogen-bond donors (Lipinski definition) is 3. The van der Waals surface area contributed by atoms with Gasteiger partial charge in [-0.3, -0.25) is 4.99 Å². The van der Waals surface area contributed by atoms with Gasteiger partial charge in [0.1, 0.15) is 0 Å². The first-order valence-corrected chi connectivity index (χ1v) is 9.42. The van der Waals surface area contributed by atoms with Crippen molar-refractivity contribution in [3.05, 3.63) is 35.9 Å². The van der Waals surface area contributed by atoms with E-state index in [-0.39, 0.29) is 36.0 Å². The van der Waals surface area contributed by atoms with Crippen LogP contribution in [0.2, 0.25) is 0 Å². The van der Waals surface area contributed by atoms with Gasteiger partial charge in [0.05, 0.1) is 19.8 Å². The van der Waals surface area contributed by atoms with Gasteiger partial charge in [0.15, 0.2) is 5.96 Å². The van der Waals surface area contributed by atoms with Crippen LogP contribution in [-0.4, -0.2) is 57.6 Å². The summed E-state index contributed by atoms with van der Waals surface area (Å²) in [5.41, 5.74) is 1.20. The summed E-state index contributed by atoms with van der Waals surface area (Å²) in [5.74, 6) is 1.16. The van der Waals surface area contributed by atoms with Crippen molar-refractivity contribution in [2.75, 3.05) is 46.6 Å². The maximum atomic E-state index is 9.31. The van der Waals surface area contributed by atoms with Crippen LogP contribution in [0.15, 0.2) is 35.3 Å². The van der Waals surface area contributed by atoms with Gasteiger partial charge < -0.3 is 25.2 Å². The predicted octanol–water partition coefficient (Wildman–Crippen LogP) is 2.41. The lowest BCUT2D eigenvalue weighted by Crippen LogP contribution is -2.45. The van der Waals surface area contributed by atoms with Crippen molar-refractivity contribution in [1.82, 2.24) is 10.6 Å². The van der Waals surface area contributed by atoms with E-state index in [1.54, 1.807) is 7.05 Å². The maximum Gasteiger partial charge on any atom is 0.191 e. The van der Waals surface area contributed by atoms with Crippen molar-refractivity contribution < 1.29 is 14.6 Å². The SMILES string of the molecule is CN=C(NCC(C)COCc1ccccc1)NCC1(CCO)CCOC1.I. The monoisotopic (exact) mass is 491 g/mol. The summed E-state index contributed by atoms with van der Waals surface area (Å²) in [6.07, 6.45) is 1.72. The van der Waals surface area contributed by atoms with Gasteiger partial charge in [-0.05, 0) is 24.3 Å². The second-order valence-corrected chi connectivity index (χ2v) is 7.19. The lowest BCUT2D eigenvalue weighted by molar-refractivity contribution is 0.0930. The lowest BCUT2D eigenvalue weighted by atomic mass is 9.84. The summed E-state index contributed by atoms with van der Waals surface area (Å²) in [7, 11) is 1.77. The summed E-state index contributed by atoms with van der Waals surface area (Å²) >= 11 is 0. The summed E-state index contributed by atoms with van der Waals surface area (Å²) in [6.45, 7) is 6.69. The first-order valence-electron chi connectivity index (χ1n) is 9.42. The molecule has 2 unspecified atom stereocenters. The van der Waals surface area contributed by atoms with Crippen LogP contribution in [0.3, 0.4) is 0 Å². The maximum absolute atomic E-state index is 9.31. The highest BCUT2D eigenvalue weighted by Crippen LogP contribution is 2.31. The van der Waals surface area contributed by atoms with Gasteiger partial charge in [-0.1, -0.05) is 37.3 Å². The lowest BCUT2D eigenvalue weighted by Gasteiger charge is -2.28. The van der Waals surface area contributed by atoms with Crippen LogP contribution < -0.4 is 10.6 Å². The summed E-state index contributed by atoms with van der Waals surface area (Å²) in [5, 5.41) is 16.1. The van der Waals surface area contributed by atoms with E-state index in [1.807, 2.05) is 18.2 Å². The number of ether oxygens (including phenoxy) is 2. The first kappa shape index (κ1) is 24.1.